The van der Waals surface area contributed by atoms with E-state index in [9.17, 15) is 8.78 Å². The average Bonchev–Trinajstić information content (AvgIpc) is 2.72. The maximum atomic E-state index is 15.7. The molecule has 0 radical (unpaired) electrons. The molecule has 0 saturated heterocycles. The van der Waals surface area contributed by atoms with Crippen LogP contribution in [0.15, 0.2) is 12.1 Å². The molecule has 2 fully saturated rings. The maximum Gasteiger partial charge on any atom is 0.201 e. The first kappa shape index (κ1) is 14.8. The van der Waals surface area contributed by atoms with E-state index < -0.39 is 42.0 Å². The van der Waals surface area contributed by atoms with Gasteiger partial charge < -0.3 is 4.74 Å². The highest BCUT2D eigenvalue weighted by atomic mass is 19.2. The number of alkyl halides is 1. The molecule has 0 aliphatic heterocycles. The van der Waals surface area contributed by atoms with Crippen LogP contribution in [0, 0.1) is 29.4 Å². The third-order valence-corrected chi connectivity index (χ3v) is 6.77. The second-order valence-electron chi connectivity index (χ2n) is 8.32. The lowest BCUT2D eigenvalue weighted by Gasteiger charge is -2.40. The second-order valence-corrected chi connectivity index (χ2v) is 8.32. The van der Waals surface area contributed by atoms with Crippen LogP contribution >= 0.6 is 0 Å². The van der Waals surface area contributed by atoms with E-state index in [2.05, 4.69) is 11.7 Å². The molecule has 1 aromatic rings. The molecule has 0 bridgehead atoms. The van der Waals surface area contributed by atoms with Crippen molar-refractivity contribution in [3.8, 4) is 5.75 Å². The standard InChI is InChI=1S/C23H33F3O/c1-3-5-16-6-8-17(9-7-16)18-12-14-23(26,15-13-18)19-10-11-20(27-4-2)22(25)21(19)24/h10-11,16-18H,3-9,12-15H2,1-2H3/i2D3,4D2. The van der Waals surface area contributed by atoms with Gasteiger partial charge in [0.25, 0.3) is 0 Å². The molecule has 2 aliphatic carbocycles. The summed E-state index contributed by atoms with van der Waals surface area (Å²) in [5.74, 6) is -2.10. The SMILES string of the molecule is [2H]C([2H])([2H])C([2H])([2H])Oc1ccc(C2(F)CCC(C3CCC(CCC)CC3)CC2)c(F)c1F. The highest BCUT2D eigenvalue weighted by Gasteiger charge is 2.42. The van der Waals surface area contributed by atoms with Crippen LogP contribution in [0.4, 0.5) is 13.2 Å². The van der Waals surface area contributed by atoms with Gasteiger partial charge in [0, 0.05) is 9.68 Å². The summed E-state index contributed by atoms with van der Waals surface area (Å²) in [6, 6.07) is 1.97. The van der Waals surface area contributed by atoms with Gasteiger partial charge in [-0.15, -0.1) is 0 Å². The molecular weight excluding hydrogens is 349 g/mol. The van der Waals surface area contributed by atoms with Crippen molar-refractivity contribution >= 4 is 0 Å². The van der Waals surface area contributed by atoms with Gasteiger partial charge in [-0.25, -0.2) is 8.78 Å². The van der Waals surface area contributed by atoms with Crippen LogP contribution < -0.4 is 4.74 Å². The van der Waals surface area contributed by atoms with Gasteiger partial charge in [0.15, 0.2) is 11.6 Å². The number of halogens is 3. The molecule has 0 amide bonds. The van der Waals surface area contributed by atoms with Gasteiger partial charge in [0.05, 0.1) is 9.30 Å². The van der Waals surface area contributed by atoms with Crippen molar-refractivity contribution < 1.29 is 24.8 Å². The molecule has 27 heavy (non-hydrogen) atoms. The first-order valence-corrected chi connectivity index (χ1v) is 10.2. The van der Waals surface area contributed by atoms with Gasteiger partial charge in [-0.1, -0.05) is 32.6 Å². The largest absolute Gasteiger partial charge is 0.491 e. The van der Waals surface area contributed by atoms with Gasteiger partial charge in [-0.3, -0.25) is 0 Å². The molecule has 0 aromatic heterocycles. The van der Waals surface area contributed by atoms with E-state index in [1.165, 1.54) is 25.7 Å². The zero-order valence-corrected chi connectivity index (χ0v) is 16.0. The van der Waals surface area contributed by atoms with E-state index >= 15 is 4.39 Å². The fourth-order valence-electron chi connectivity index (χ4n) is 5.21. The molecule has 4 heteroatoms. The predicted octanol–water partition coefficient (Wildman–Crippen LogP) is 7.33. The van der Waals surface area contributed by atoms with Crippen molar-refractivity contribution in [1.82, 2.24) is 0 Å². The number of hydrogen-bond donors (Lipinski definition) is 0. The van der Waals surface area contributed by atoms with E-state index in [1.54, 1.807) is 0 Å². The van der Waals surface area contributed by atoms with Gasteiger partial charge in [-0.2, -0.15) is 4.39 Å². The zero-order valence-electron chi connectivity index (χ0n) is 21.0. The predicted molar refractivity (Wildman–Crippen MR) is 103 cm³/mol. The molecule has 2 aliphatic rings. The normalized spacial score (nSPS) is 35.4. The zero-order chi connectivity index (χ0) is 23.7. The summed E-state index contributed by atoms with van der Waals surface area (Å²) in [6.45, 7) is -4.19. The molecule has 152 valence electrons. The minimum atomic E-state index is -3.20. The van der Waals surface area contributed by atoms with Crippen molar-refractivity contribution in [2.45, 2.75) is 83.7 Å². The summed E-state index contributed by atoms with van der Waals surface area (Å²) in [4.78, 5) is 0. The molecule has 0 spiro atoms. The van der Waals surface area contributed by atoms with Crippen LogP contribution in [0.2, 0.25) is 0 Å². The van der Waals surface area contributed by atoms with E-state index in [0.29, 0.717) is 24.7 Å². The van der Waals surface area contributed by atoms with Crippen molar-refractivity contribution in [3.63, 3.8) is 0 Å². The summed E-state index contributed by atoms with van der Waals surface area (Å²) >= 11 is 0. The number of benzene rings is 1. The van der Waals surface area contributed by atoms with Crippen molar-refractivity contribution in [1.29, 1.82) is 0 Å². The quantitative estimate of drug-likeness (QED) is 0.497. The van der Waals surface area contributed by atoms with Crippen LogP contribution in [-0.2, 0) is 5.67 Å². The average molecular weight is 388 g/mol. The summed E-state index contributed by atoms with van der Waals surface area (Å²) in [7, 11) is 0. The van der Waals surface area contributed by atoms with Crippen molar-refractivity contribution in [2.75, 3.05) is 6.56 Å². The molecule has 0 heterocycles. The second kappa shape index (κ2) is 8.87. The smallest absolute Gasteiger partial charge is 0.201 e. The number of rotatable bonds is 6. The van der Waals surface area contributed by atoms with Gasteiger partial charge in [0.1, 0.15) is 5.67 Å². The maximum absolute atomic E-state index is 15.7. The summed E-state index contributed by atoms with van der Waals surface area (Å²) in [6.07, 6.45) is 8.71. The lowest BCUT2D eigenvalue weighted by Crippen LogP contribution is -2.32. The first-order valence-electron chi connectivity index (χ1n) is 12.7. The number of ether oxygens (including phenoxy) is 1. The number of hydrogen-bond acceptors (Lipinski definition) is 1. The van der Waals surface area contributed by atoms with Gasteiger partial charge in [-0.05, 0) is 75.3 Å². The Morgan fingerprint density at radius 2 is 1.74 bits per heavy atom. The van der Waals surface area contributed by atoms with Crippen LogP contribution in [-0.4, -0.2) is 6.56 Å². The lowest BCUT2D eigenvalue weighted by molar-refractivity contribution is 0.0487. The molecule has 0 N–H and O–H groups in total. The summed E-state index contributed by atoms with van der Waals surface area (Å²) < 4.78 is 85.9. The third kappa shape index (κ3) is 4.46. The molecule has 0 unspecified atom stereocenters. The van der Waals surface area contributed by atoms with Crippen LogP contribution in [0.1, 0.15) is 90.4 Å². The van der Waals surface area contributed by atoms with Crippen LogP contribution in [0.5, 0.6) is 5.75 Å². The molecule has 3 rings (SSSR count). The Kier molecular flexibility index (Phi) is 4.85. The van der Waals surface area contributed by atoms with Gasteiger partial charge in [0.2, 0.25) is 5.82 Å². The van der Waals surface area contributed by atoms with E-state index in [0.717, 1.165) is 30.9 Å². The molecule has 0 atom stereocenters. The highest BCUT2D eigenvalue weighted by Crippen LogP contribution is 2.49. The molecule has 1 nitrogen and oxygen atoms in total. The first-order chi connectivity index (χ1) is 14.9. The fourth-order valence-corrected chi connectivity index (χ4v) is 5.21. The van der Waals surface area contributed by atoms with Gasteiger partial charge >= 0.3 is 0 Å². The molecule has 2 saturated carbocycles. The van der Waals surface area contributed by atoms with Crippen LogP contribution in [0.3, 0.4) is 0 Å². The summed E-state index contributed by atoms with van der Waals surface area (Å²) in [5.41, 5.74) is -2.40. The Morgan fingerprint density at radius 1 is 1.07 bits per heavy atom. The molecule has 1 aromatic carbocycles. The van der Waals surface area contributed by atoms with Crippen molar-refractivity contribution in [3.05, 3.63) is 29.3 Å². The minimum Gasteiger partial charge on any atom is -0.491 e. The fraction of sp³-hybridized carbons (Fsp3) is 0.739. The highest BCUT2D eigenvalue weighted by molar-refractivity contribution is 5.34. The van der Waals surface area contributed by atoms with E-state index in [-0.39, 0.29) is 12.8 Å². The minimum absolute atomic E-state index is 0.110. The summed E-state index contributed by atoms with van der Waals surface area (Å²) in [5, 5.41) is 0. The lowest BCUT2D eigenvalue weighted by atomic mass is 9.67. The van der Waals surface area contributed by atoms with Crippen molar-refractivity contribution in [2.24, 2.45) is 17.8 Å². The monoisotopic (exact) mass is 387 g/mol. The topological polar surface area (TPSA) is 9.23 Å². The Balaban J connectivity index is 1.67. The Hall–Kier alpha value is -1.19. The third-order valence-electron chi connectivity index (χ3n) is 6.77. The molecular formula is C23H33F3O. The van der Waals surface area contributed by atoms with Crippen LogP contribution in [0.25, 0.3) is 0 Å². The Morgan fingerprint density at radius 3 is 2.37 bits per heavy atom. The van der Waals surface area contributed by atoms with E-state index in [1.807, 2.05) is 0 Å². The Labute approximate surface area is 168 Å². The Bertz CT molecular complexity index is 783. The van der Waals surface area contributed by atoms with E-state index in [4.69, 9.17) is 6.85 Å².